The van der Waals surface area contributed by atoms with Crippen molar-refractivity contribution in [2.24, 2.45) is 0 Å². The van der Waals surface area contributed by atoms with E-state index in [1.54, 1.807) is 41.8 Å². The SMILES string of the molecule is CCC(=O)c1ccc(OCc2csc(N(C(C)=O)c3ccccc3F)n2)cc1. The molecule has 144 valence electrons. The van der Waals surface area contributed by atoms with E-state index in [0.717, 1.165) is 0 Å². The van der Waals surface area contributed by atoms with Gasteiger partial charge in [0.25, 0.3) is 0 Å². The van der Waals surface area contributed by atoms with Gasteiger partial charge < -0.3 is 4.74 Å². The van der Waals surface area contributed by atoms with Gasteiger partial charge in [0.1, 0.15) is 18.2 Å². The number of Topliss-reactive ketones (excluding diaryl/α,β-unsaturated/α-hetero) is 1. The number of ether oxygens (including phenoxy) is 1. The van der Waals surface area contributed by atoms with Crippen LogP contribution in [0.1, 0.15) is 36.3 Å². The van der Waals surface area contributed by atoms with Crippen LogP contribution in [0.4, 0.5) is 15.2 Å². The summed E-state index contributed by atoms with van der Waals surface area (Å²) in [5.41, 5.74) is 1.43. The summed E-state index contributed by atoms with van der Waals surface area (Å²) < 4.78 is 19.8. The van der Waals surface area contributed by atoms with Gasteiger partial charge in [0.05, 0.1) is 11.4 Å². The summed E-state index contributed by atoms with van der Waals surface area (Å²) >= 11 is 1.24. The van der Waals surface area contributed by atoms with Crippen LogP contribution in [0.5, 0.6) is 5.75 Å². The second-order valence-corrected chi connectivity index (χ2v) is 6.85. The highest BCUT2D eigenvalue weighted by molar-refractivity contribution is 7.14. The zero-order valence-corrected chi connectivity index (χ0v) is 16.3. The topological polar surface area (TPSA) is 59.5 Å². The zero-order chi connectivity index (χ0) is 20.1. The first-order valence-corrected chi connectivity index (χ1v) is 9.63. The van der Waals surface area contributed by atoms with Crippen molar-refractivity contribution in [3.05, 3.63) is 71.0 Å². The van der Waals surface area contributed by atoms with Crippen molar-refractivity contribution >= 4 is 33.8 Å². The van der Waals surface area contributed by atoms with E-state index in [-0.39, 0.29) is 24.0 Å². The minimum absolute atomic E-state index is 0.0770. The molecule has 0 saturated carbocycles. The number of nitrogens with zero attached hydrogens (tertiary/aromatic N) is 2. The number of halogens is 1. The normalized spacial score (nSPS) is 10.5. The van der Waals surface area contributed by atoms with Gasteiger partial charge in [-0.1, -0.05) is 19.1 Å². The molecule has 3 aromatic rings. The van der Waals surface area contributed by atoms with Crippen molar-refractivity contribution in [3.8, 4) is 5.75 Å². The molecule has 0 N–H and O–H groups in total. The predicted molar refractivity (Wildman–Crippen MR) is 107 cm³/mol. The molecule has 3 rings (SSSR count). The Hall–Kier alpha value is -3.06. The quantitative estimate of drug-likeness (QED) is 0.517. The van der Waals surface area contributed by atoms with Gasteiger partial charge in [0, 0.05) is 24.3 Å². The van der Waals surface area contributed by atoms with E-state index in [0.29, 0.717) is 28.6 Å². The third-order valence-electron chi connectivity index (χ3n) is 4.02. The van der Waals surface area contributed by atoms with Gasteiger partial charge in [-0.3, -0.25) is 14.5 Å². The largest absolute Gasteiger partial charge is 0.487 e. The number of carbonyl (C=O) groups is 2. The van der Waals surface area contributed by atoms with Crippen LogP contribution in [0.15, 0.2) is 53.9 Å². The van der Waals surface area contributed by atoms with Crippen molar-refractivity contribution in [2.75, 3.05) is 4.90 Å². The smallest absolute Gasteiger partial charge is 0.230 e. The summed E-state index contributed by atoms with van der Waals surface area (Å²) in [7, 11) is 0. The molecule has 0 atom stereocenters. The third kappa shape index (κ3) is 4.43. The fraction of sp³-hybridized carbons (Fsp3) is 0.190. The van der Waals surface area contributed by atoms with Gasteiger partial charge in [-0.15, -0.1) is 11.3 Å². The molecule has 1 heterocycles. The maximum absolute atomic E-state index is 14.1. The lowest BCUT2D eigenvalue weighted by Crippen LogP contribution is -2.23. The molecular weight excluding hydrogens is 379 g/mol. The van der Waals surface area contributed by atoms with E-state index in [4.69, 9.17) is 4.74 Å². The summed E-state index contributed by atoms with van der Waals surface area (Å²) in [6, 6.07) is 13.0. The zero-order valence-electron chi connectivity index (χ0n) is 15.5. The van der Waals surface area contributed by atoms with Gasteiger partial charge in [-0.2, -0.15) is 0 Å². The average Bonchev–Trinajstić information content (AvgIpc) is 3.16. The molecule has 28 heavy (non-hydrogen) atoms. The number of hydrogen-bond donors (Lipinski definition) is 0. The molecule has 0 bridgehead atoms. The highest BCUT2D eigenvalue weighted by Crippen LogP contribution is 2.31. The summed E-state index contributed by atoms with van der Waals surface area (Å²) in [5, 5.41) is 2.14. The Morgan fingerprint density at radius 3 is 2.50 bits per heavy atom. The number of anilines is 2. The molecule has 0 aliphatic heterocycles. The minimum atomic E-state index is -0.493. The monoisotopic (exact) mass is 398 g/mol. The van der Waals surface area contributed by atoms with Crippen LogP contribution in [-0.4, -0.2) is 16.7 Å². The molecule has 0 aliphatic carbocycles. The number of hydrogen-bond acceptors (Lipinski definition) is 5. The van der Waals surface area contributed by atoms with E-state index >= 15 is 0 Å². The van der Waals surface area contributed by atoms with E-state index in [9.17, 15) is 14.0 Å². The maximum atomic E-state index is 14.1. The molecule has 0 aliphatic rings. The molecule has 7 heteroatoms. The molecule has 1 aromatic heterocycles. The molecule has 2 aromatic carbocycles. The second-order valence-electron chi connectivity index (χ2n) is 6.02. The lowest BCUT2D eigenvalue weighted by atomic mass is 10.1. The Balaban J connectivity index is 1.72. The Labute approximate surface area is 166 Å². The van der Waals surface area contributed by atoms with Crippen LogP contribution in [0, 0.1) is 5.82 Å². The van der Waals surface area contributed by atoms with Gasteiger partial charge in [0.2, 0.25) is 5.91 Å². The van der Waals surface area contributed by atoms with E-state index in [1.165, 1.54) is 35.3 Å². The third-order valence-corrected chi connectivity index (χ3v) is 4.90. The Morgan fingerprint density at radius 1 is 1.14 bits per heavy atom. The average molecular weight is 398 g/mol. The minimum Gasteiger partial charge on any atom is -0.487 e. The summed E-state index contributed by atoms with van der Waals surface area (Å²) in [4.78, 5) is 29.4. The molecule has 0 spiro atoms. The molecule has 0 fully saturated rings. The molecule has 0 radical (unpaired) electrons. The van der Waals surface area contributed by atoms with Crippen molar-refractivity contribution in [3.63, 3.8) is 0 Å². The first kappa shape index (κ1) is 19.7. The van der Waals surface area contributed by atoms with Crippen molar-refractivity contribution < 1.29 is 18.7 Å². The number of rotatable bonds is 7. The first-order chi connectivity index (χ1) is 13.5. The highest BCUT2D eigenvalue weighted by Gasteiger charge is 2.20. The number of aromatic nitrogens is 1. The number of thiazole rings is 1. The van der Waals surface area contributed by atoms with Crippen LogP contribution in [0.2, 0.25) is 0 Å². The number of ketones is 1. The predicted octanol–water partition coefficient (Wildman–Crippen LogP) is 5.14. The highest BCUT2D eigenvalue weighted by atomic mass is 32.1. The fourth-order valence-corrected chi connectivity index (χ4v) is 3.47. The summed E-state index contributed by atoms with van der Waals surface area (Å²) in [6.45, 7) is 3.38. The molecule has 1 amide bonds. The van der Waals surface area contributed by atoms with Crippen LogP contribution in [0.3, 0.4) is 0 Å². The van der Waals surface area contributed by atoms with E-state index in [2.05, 4.69) is 4.98 Å². The fourth-order valence-electron chi connectivity index (χ4n) is 2.60. The van der Waals surface area contributed by atoms with Crippen molar-refractivity contribution in [1.82, 2.24) is 4.98 Å². The maximum Gasteiger partial charge on any atom is 0.230 e. The number of carbonyl (C=O) groups excluding carboxylic acids is 2. The Bertz CT molecular complexity index is 985. The van der Waals surface area contributed by atoms with Crippen LogP contribution in [0.25, 0.3) is 0 Å². The van der Waals surface area contributed by atoms with Gasteiger partial charge >= 0.3 is 0 Å². The van der Waals surface area contributed by atoms with Gasteiger partial charge in [-0.25, -0.2) is 9.37 Å². The van der Waals surface area contributed by atoms with Crippen LogP contribution < -0.4 is 9.64 Å². The van der Waals surface area contributed by atoms with E-state index < -0.39 is 5.82 Å². The molecular formula is C21H19FN2O3S. The van der Waals surface area contributed by atoms with Gasteiger partial charge in [0.15, 0.2) is 10.9 Å². The number of benzene rings is 2. The molecule has 0 unspecified atom stereocenters. The van der Waals surface area contributed by atoms with Crippen LogP contribution >= 0.6 is 11.3 Å². The summed E-state index contributed by atoms with van der Waals surface area (Å²) in [6.07, 6.45) is 0.455. The van der Waals surface area contributed by atoms with Gasteiger partial charge in [-0.05, 0) is 36.4 Å². The van der Waals surface area contributed by atoms with Crippen LogP contribution in [-0.2, 0) is 11.4 Å². The number of para-hydroxylation sites is 1. The lowest BCUT2D eigenvalue weighted by Gasteiger charge is -2.18. The van der Waals surface area contributed by atoms with E-state index in [1.807, 2.05) is 6.92 Å². The second kappa shape index (κ2) is 8.75. The number of amides is 1. The Morgan fingerprint density at radius 2 is 1.86 bits per heavy atom. The van der Waals surface area contributed by atoms with Crippen molar-refractivity contribution in [1.29, 1.82) is 0 Å². The standard InChI is InChI=1S/C21H19FN2O3S/c1-3-20(26)15-8-10-17(11-9-15)27-12-16-13-28-21(23-16)24(14(2)25)19-7-5-4-6-18(19)22/h4-11,13H,3,12H2,1-2H3. The lowest BCUT2D eigenvalue weighted by molar-refractivity contribution is -0.115. The summed E-state index contributed by atoms with van der Waals surface area (Å²) in [5.74, 6) is -0.136. The molecule has 0 saturated heterocycles. The first-order valence-electron chi connectivity index (χ1n) is 8.75. The van der Waals surface area contributed by atoms with Crippen molar-refractivity contribution in [2.45, 2.75) is 26.9 Å². The molecule has 5 nitrogen and oxygen atoms in total. The Kier molecular flexibility index (Phi) is 6.16.